The van der Waals surface area contributed by atoms with Gasteiger partial charge in [-0.2, -0.15) is 0 Å². The molecule has 3 nitrogen and oxygen atoms in total. The lowest BCUT2D eigenvalue weighted by Gasteiger charge is -2.24. The number of nitrogens with two attached hydrogens (primary N) is 1. The van der Waals surface area contributed by atoms with Crippen LogP contribution in [0.25, 0.3) is 0 Å². The summed E-state index contributed by atoms with van der Waals surface area (Å²) in [5, 5.41) is 0. The number of halogens is 2. The van der Waals surface area contributed by atoms with Gasteiger partial charge in [-0.3, -0.25) is 4.79 Å². The summed E-state index contributed by atoms with van der Waals surface area (Å²) in [5.41, 5.74) is 6.19. The minimum absolute atomic E-state index is 0. The fourth-order valence-corrected chi connectivity index (χ4v) is 1.64. The Bertz CT molecular complexity index is 360. The molecule has 0 bridgehead atoms. The number of rotatable bonds is 3. The number of carbonyl (C=O) groups excluding carboxylic acids is 1. The second-order valence-corrected chi connectivity index (χ2v) is 4.33. The van der Waals surface area contributed by atoms with E-state index in [1.165, 1.54) is 0 Å². The molecule has 1 aromatic rings. The van der Waals surface area contributed by atoms with Gasteiger partial charge < -0.3 is 10.6 Å². The third-order valence-corrected chi connectivity index (χ3v) is 3.12. The van der Waals surface area contributed by atoms with Gasteiger partial charge in [-0.25, -0.2) is 0 Å². The van der Waals surface area contributed by atoms with Gasteiger partial charge in [-0.05, 0) is 35.0 Å². The Labute approximate surface area is 111 Å². The summed E-state index contributed by atoms with van der Waals surface area (Å²) >= 11 is 3.36. The Morgan fingerprint density at radius 1 is 1.50 bits per heavy atom. The Kier molecular flexibility index (Phi) is 6.64. The Hall–Kier alpha value is -0.580. The first kappa shape index (κ1) is 15.4. The van der Waals surface area contributed by atoms with Gasteiger partial charge in [0.15, 0.2) is 0 Å². The van der Waals surface area contributed by atoms with Gasteiger partial charge in [-0.1, -0.05) is 12.1 Å². The van der Waals surface area contributed by atoms with E-state index in [1.807, 2.05) is 25.1 Å². The van der Waals surface area contributed by atoms with Crippen molar-refractivity contribution in [2.75, 3.05) is 13.6 Å². The summed E-state index contributed by atoms with van der Waals surface area (Å²) in [5.74, 6) is -0.0135. The van der Waals surface area contributed by atoms with Crippen molar-refractivity contribution in [1.82, 2.24) is 4.90 Å². The van der Waals surface area contributed by atoms with E-state index in [4.69, 9.17) is 5.73 Å². The molecule has 1 aromatic carbocycles. The average Bonchev–Trinajstić information content (AvgIpc) is 2.26. The van der Waals surface area contributed by atoms with Gasteiger partial charge in [0, 0.05) is 24.1 Å². The fourth-order valence-electron chi connectivity index (χ4n) is 1.18. The summed E-state index contributed by atoms with van der Waals surface area (Å²) in [6.45, 7) is 2.39. The smallest absolute Gasteiger partial charge is 0.255 e. The van der Waals surface area contributed by atoms with Crippen molar-refractivity contribution in [2.45, 2.75) is 13.0 Å². The van der Waals surface area contributed by atoms with Crippen molar-refractivity contribution in [3.05, 3.63) is 34.3 Å². The molecule has 0 saturated carbocycles. The maximum atomic E-state index is 12.0. The molecular formula is C11H16BrClN2O. The number of likely N-dealkylation sites (N-methyl/N-ethyl adjacent to an activating group) is 1. The summed E-state index contributed by atoms with van der Waals surface area (Å²) < 4.78 is 0.811. The molecule has 16 heavy (non-hydrogen) atoms. The van der Waals surface area contributed by atoms with Crippen LogP contribution >= 0.6 is 28.3 Å². The maximum Gasteiger partial charge on any atom is 0.255 e. The van der Waals surface area contributed by atoms with Crippen molar-refractivity contribution in [3.8, 4) is 0 Å². The van der Waals surface area contributed by atoms with Crippen LogP contribution in [0.15, 0.2) is 28.7 Å². The Morgan fingerprint density at radius 2 is 2.06 bits per heavy atom. The Morgan fingerprint density at radius 3 is 2.56 bits per heavy atom. The second-order valence-electron chi connectivity index (χ2n) is 3.48. The monoisotopic (exact) mass is 306 g/mol. The molecule has 1 atom stereocenters. The summed E-state index contributed by atoms with van der Waals surface area (Å²) in [7, 11) is 1.76. The molecule has 0 radical (unpaired) electrons. The van der Waals surface area contributed by atoms with E-state index in [0.717, 1.165) is 4.47 Å². The van der Waals surface area contributed by atoms with Gasteiger partial charge in [-0.15, -0.1) is 12.4 Å². The van der Waals surface area contributed by atoms with Gasteiger partial charge in [0.25, 0.3) is 5.91 Å². The highest BCUT2D eigenvalue weighted by Crippen LogP contribution is 2.17. The maximum absolute atomic E-state index is 12.0. The molecule has 1 rings (SSSR count). The highest BCUT2D eigenvalue weighted by Gasteiger charge is 2.17. The number of benzene rings is 1. The number of amides is 1. The first-order chi connectivity index (χ1) is 7.07. The highest BCUT2D eigenvalue weighted by molar-refractivity contribution is 9.10. The lowest BCUT2D eigenvalue weighted by Crippen LogP contribution is -2.39. The van der Waals surface area contributed by atoms with Crippen LogP contribution < -0.4 is 5.73 Å². The summed E-state index contributed by atoms with van der Waals surface area (Å²) in [6, 6.07) is 7.43. The predicted octanol–water partition coefficient (Wildman–Crippen LogP) is 2.29. The summed E-state index contributed by atoms with van der Waals surface area (Å²) in [4.78, 5) is 13.7. The second kappa shape index (κ2) is 6.89. The third kappa shape index (κ3) is 3.47. The van der Waals surface area contributed by atoms with Crippen molar-refractivity contribution < 1.29 is 4.79 Å². The van der Waals surface area contributed by atoms with E-state index in [0.29, 0.717) is 12.1 Å². The molecule has 0 aromatic heterocycles. The van der Waals surface area contributed by atoms with Crippen LogP contribution in [0.2, 0.25) is 0 Å². The summed E-state index contributed by atoms with van der Waals surface area (Å²) in [6.07, 6.45) is 0. The zero-order valence-corrected chi connectivity index (χ0v) is 11.7. The SMILES string of the molecule is CC(CN)N(C)C(=O)c1ccccc1Br.Cl. The number of hydrogen-bond acceptors (Lipinski definition) is 2. The third-order valence-electron chi connectivity index (χ3n) is 2.43. The minimum atomic E-state index is -0.0135. The normalized spacial score (nSPS) is 11.5. The van der Waals surface area contributed by atoms with Crippen LogP contribution in [0.3, 0.4) is 0 Å². The van der Waals surface area contributed by atoms with E-state index < -0.39 is 0 Å². The van der Waals surface area contributed by atoms with Crippen LogP contribution in [0.4, 0.5) is 0 Å². The molecule has 0 aliphatic heterocycles. The highest BCUT2D eigenvalue weighted by atomic mass is 79.9. The number of nitrogens with zero attached hydrogens (tertiary/aromatic N) is 1. The zero-order chi connectivity index (χ0) is 11.4. The van der Waals surface area contributed by atoms with E-state index in [-0.39, 0.29) is 24.4 Å². The van der Waals surface area contributed by atoms with E-state index >= 15 is 0 Å². The topological polar surface area (TPSA) is 46.3 Å². The van der Waals surface area contributed by atoms with Crippen LogP contribution in [-0.2, 0) is 0 Å². The molecule has 1 unspecified atom stereocenters. The van der Waals surface area contributed by atoms with E-state index in [1.54, 1.807) is 18.0 Å². The van der Waals surface area contributed by atoms with Crippen LogP contribution in [0, 0.1) is 0 Å². The molecule has 0 saturated heterocycles. The first-order valence-electron chi connectivity index (χ1n) is 4.79. The van der Waals surface area contributed by atoms with Gasteiger partial charge in [0.2, 0.25) is 0 Å². The largest absolute Gasteiger partial charge is 0.338 e. The van der Waals surface area contributed by atoms with Crippen LogP contribution in [0.5, 0.6) is 0 Å². The quantitative estimate of drug-likeness (QED) is 0.931. The van der Waals surface area contributed by atoms with Gasteiger partial charge in [0.05, 0.1) is 5.56 Å². The lowest BCUT2D eigenvalue weighted by atomic mass is 10.2. The molecule has 2 N–H and O–H groups in total. The van der Waals surface area contributed by atoms with Gasteiger partial charge in [0.1, 0.15) is 0 Å². The molecule has 0 heterocycles. The average molecular weight is 308 g/mol. The van der Waals surface area contributed by atoms with Crippen molar-refractivity contribution >= 4 is 34.2 Å². The molecule has 0 aliphatic rings. The molecule has 0 aliphatic carbocycles. The molecule has 1 amide bonds. The lowest BCUT2D eigenvalue weighted by molar-refractivity contribution is 0.0747. The van der Waals surface area contributed by atoms with Gasteiger partial charge >= 0.3 is 0 Å². The standard InChI is InChI=1S/C11H15BrN2O.ClH/c1-8(7-13)14(2)11(15)9-5-3-4-6-10(9)12;/h3-6,8H,7,13H2,1-2H3;1H. The predicted molar refractivity (Wildman–Crippen MR) is 72.0 cm³/mol. The molecule has 0 fully saturated rings. The van der Waals surface area contributed by atoms with Crippen LogP contribution in [-0.4, -0.2) is 30.4 Å². The minimum Gasteiger partial charge on any atom is -0.338 e. The number of carbonyl (C=O) groups is 1. The number of hydrogen-bond donors (Lipinski definition) is 1. The molecule has 5 heteroatoms. The first-order valence-corrected chi connectivity index (χ1v) is 5.59. The zero-order valence-electron chi connectivity index (χ0n) is 9.31. The van der Waals surface area contributed by atoms with E-state index in [2.05, 4.69) is 15.9 Å². The molecular weight excluding hydrogens is 291 g/mol. The Balaban J connectivity index is 0.00000225. The van der Waals surface area contributed by atoms with Crippen LogP contribution in [0.1, 0.15) is 17.3 Å². The van der Waals surface area contributed by atoms with E-state index in [9.17, 15) is 4.79 Å². The fraction of sp³-hybridized carbons (Fsp3) is 0.364. The van der Waals surface area contributed by atoms with Crippen molar-refractivity contribution in [2.24, 2.45) is 5.73 Å². The van der Waals surface area contributed by atoms with Crippen molar-refractivity contribution in [3.63, 3.8) is 0 Å². The van der Waals surface area contributed by atoms with Crippen molar-refractivity contribution in [1.29, 1.82) is 0 Å². The molecule has 0 spiro atoms. The molecule has 90 valence electrons.